The molecule has 1 aromatic carbocycles. The van der Waals surface area contributed by atoms with Gasteiger partial charge < -0.3 is 23.4 Å². The van der Waals surface area contributed by atoms with Gasteiger partial charge in [-0.2, -0.15) is 0 Å². The van der Waals surface area contributed by atoms with Crippen LogP contribution in [0.25, 0.3) is 0 Å². The molecule has 1 fully saturated rings. The molecule has 0 bridgehead atoms. The van der Waals surface area contributed by atoms with Crippen molar-refractivity contribution in [3.8, 4) is 5.75 Å². The van der Waals surface area contributed by atoms with Crippen LogP contribution in [0, 0.1) is 5.92 Å². The Labute approximate surface area is 233 Å². The Balaban J connectivity index is 2.23. The largest absolute Gasteiger partial charge is 0.491 e. The van der Waals surface area contributed by atoms with Gasteiger partial charge in [-0.15, -0.1) is 0 Å². The molecular formula is C29H51ClO5Si2. The van der Waals surface area contributed by atoms with Crippen LogP contribution in [0.2, 0.25) is 41.3 Å². The van der Waals surface area contributed by atoms with E-state index in [-0.39, 0.29) is 40.9 Å². The van der Waals surface area contributed by atoms with Gasteiger partial charge in [0, 0.05) is 17.5 Å². The zero-order valence-corrected chi connectivity index (χ0v) is 27.5. The van der Waals surface area contributed by atoms with E-state index in [0.717, 1.165) is 18.6 Å². The maximum atomic E-state index is 9.55. The number of benzene rings is 1. The molecule has 0 amide bonds. The molecule has 37 heavy (non-hydrogen) atoms. The molecule has 1 unspecified atom stereocenters. The molecule has 2 rings (SSSR count). The van der Waals surface area contributed by atoms with Crippen molar-refractivity contribution >= 4 is 28.2 Å². The third-order valence-corrected chi connectivity index (χ3v) is 17.5. The topological polar surface area (TPSA) is 57.2 Å². The summed E-state index contributed by atoms with van der Waals surface area (Å²) in [5.41, 5.74) is 0. The molecule has 1 N–H and O–H groups in total. The van der Waals surface area contributed by atoms with Crippen LogP contribution in [0.1, 0.15) is 54.4 Å². The summed E-state index contributed by atoms with van der Waals surface area (Å²) in [4.78, 5) is 0. The molecule has 1 heterocycles. The Bertz CT molecular complexity index is 876. The maximum Gasteiger partial charge on any atom is 0.193 e. The fourth-order valence-electron chi connectivity index (χ4n) is 3.87. The molecule has 4 atom stereocenters. The second-order valence-electron chi connectivity index (χ2n) is 13.3. The molecule has 1 saturated heterocycles. The Kier molecular flexibility index (Phi) is 11.5. The van der Waals surface area contributed by atoms with Crippen molar-refractivity contribution in [2.24, 2.45) is 5.92 Å². The number of aliphatic hydroxyl groups is 1. The van der Waals surface area contributed by atoms with Gasteiger partial charge in [-0.05, 0) is 67.3 Å². The van der Waals surface area contributed by atoms with E-state index in [9.17, 15) is 5.11 Å². The summed E-state index contributed by atoms with van der Waals surface area (Å²) in [6.45, 7) is 23.7. The predicted octanol–water partition coefficient (Wildman–Crippen LogP) is 7.84. The minimum atomic E-state index is -2.05. The molecule has 1 aromatic rings. The fourth-order valence-corrected chi connectivity index (χ4v) is 6.66. The number of rotatable bonds is 12. The van der Waals surface area contributed by atoms with E-state index >= 15 is 0 Å². The number of halogens is 1. The lowest BCUT2D eigenvalue weighted by atomic mass is 9.93. The van der Waals surface area contributed by atoms with E-state index in [2.05, 4.69) is 79.9 Å². The van der Waals surface area contributed by atoms with Crippen molar-refractivity contribution < 1.29 is 23.4 Å². The highest BCUT2D eigenvalue weighted by atomic mass is 35.5. The van der Waals surface area contributed by atoms with E-state index < -0.39 is 16.6 Å². The van der Waals surface area contributed by atoms with Gasteiger partial charge in [-0.3, -0.25) is 0 Å². The molecular weight excluding hydrogens is 520 g/mol. The molecule has 1 aliphatic rings. The van der Waals surface area contributed by atoms with Crippen LogP contribution in [0.4, 0.5) is 0 Å². The van der Waals surface area contributed by atoms with Crippen molar-refractivity contribution in [2.75, 3.05) is 19.8 Å². The van der Waals surface area contributed by atoms with Crippen LogP contribution in [0.5, 0.6) is 5.75 Å². The van der Waals surface area contributed by atoms with E-state index in [0.29, 0.717) is 18.2 Å². The molecule has 1 aliphatic heterocycles. The average molecular weight is 571 g/mol. The first-order valence-corrected chi connectivity index (χ1v) is 19.8. The van der Waals surface area contributed by atoms with Crippen LogP contribution in [-0.2, 0) is 13.6 Å². The van der Waals surface area contributed by atoms with Crippen LogP contribution in [-0.4, -0.2) is 59.9 Å². The molecule has 8 heteroatoms. The summed E-state index contributed by atoms with van der Waals surface area (Å²) in [6, 6.07) is 7.46. The minimum absolute atomic E-state index is 0.0320. The van der Waals surface area contributed by atoms with Crippen LogP contribution in [0.3, 0.4) is 0 Å². The first-order chi connectivity index (χ1) is 17.0. The van der Waals surface area contributed by atoms with Gasteiger partial charge in [0.05, 0.1) is 24.9 Å². The highest BCUT2D eigenvalue weighted by Gasteiger charge is 2.45. The lowest BCUT2D eigenvalue weighted by molar-refractivity contribution is 0.109. The molecule has 0 aromatic heterocycles. The second kappa shape index (κ2) is 13.1. The Morgan fingerprint density at radius 3 is 2.30 bits per heavy atom. The third-order valence-electron chi connectivity index (χ3n) is 8.28. The highest BCUT2D eigenvalue weighted by Crippen LogP contribution is 2.41. The smallest absolute Gasteiger partial charge is 0.193 e. The fraction of sp³-hybridized carbons (Fsp3) is 0.724. The van der Waals surface area contributed by atoms with Crippen molar-refractivity contribution in [3.63, 3.8) is 0 Å². The molecule has 212 valence electrons. The van der Waals surface area contributed by atoms with Crippen LogP contribution in [0.15, 0.2) is 36.4 Å². The van der Waals surface area contributed by atoms with E-state index in [1.165, 1.54) is 0 Å². The third kappa shape index (κ3) is 9.48. The minimum Gasteiger partial charge on any atom is -0.491 e. The predicted molar refractivity (Wildman–Crippen MR) is 160 cm³/mol. The number of hydrogen-bond acceptors (Lipinski definition) is 5. The molecule has 5 nitrogen and oxygen atoms in total. The number of ether oxygens (including phenoxy) is 2. The Morgan fingerprint density at radius 2 is 1.73 bits per heavy atom. The zero-order chi connectivity index (χ0) is 28.1. The quantitative estimate of drug-likeness (QED) is 0.205. The van der Waals surface area contributed by atoms with Gasteiger partial charge in [0.2, 0.25) is 0 Å². The van der Waals surface area contributed by atoms with Crippen molar-refractivity contribution in [3.05, 3.63) is 41.4 Å². The summed E-state index contributed by atoms with van der Waals surface area (Å²) >= 11 is 6.16. The van der Waals surface area contributed by atoms with Gasteiger partial charge >= 0.3 is 0 Å². The maximum absolute atomic E-state index is 9.55. The molecule has 0 saturated carbocycles. The van der Waals surface area contributed by atoms with Crippen LogP contribution < -0.4 is 4.74 Å². The van der Waals surface area contributed by atoms with Gasteiger partial charge in [0.1, 0.15) is 12.4 Å². The van der Waals surface area contributed by atoms with Gasteiger partial charge in [-0.1, -0.05) is 71.4 Å². The van der Waals surface area contributed by atoms with E-state index in [1.54, 1.807) is 0 Å². The first kappa shape index (κ1) is 32.5. The van der Waals surface area contributed by atoms with Crippen molar-refractivity contribution in [1.29, 1.82) is 0 Å². The Morgan fingerprint density at radius 1 is 1.08 bits per heavy atom. The normalized spacial score (nSPS) is 22.5. The van der Waals surface area contributed by atoms with E-state index in [4.69, 9.17) is 29.9 Å². The van der Waals surface area contributed by atoms with Gasteiger partial charge in [0.25, 0.3) is 0 Å². The standard InChI is InChI=1S/C29H51ClO5Si2/c1-28(2,3)36(7,8)34-24(20-32-23-14-11-13-22(30)19-23)16-17-26-25(15-12-18-31)27(21-33-26)35-37(9,10)29(4,5)6/h11,13-14,16-17,19,24-27,31H,12,15,18,20-21H2,1-10H3/b17-16+/t24?,25-,26-,27+/m1/s1. The lowest BCUT2D eigenvalue weighted by Crippen LogP contribution is -2.46. The summed E-state index contributed by atoms with van der Waals surface area (Å²) in [5.74, 6) is 0.922. The van der Waals surface area contributed by atoms with Crippen molar-refractivity contribution in [1.82, 2.24) is 0 Å². The first-order valence-electron chi connectivity index (χ1n) is 13.6. The summed E-state index contributed by atoms with van der Waals surface area (Å²) in [6.07, 6.45) is 5.56. The average Bonchev–Trinajstić information content (AvgIpc) is 3.13. The van der Waals surface area contributed by atoms with E-state index in [1.807, 2.05) is 24.3 Å². The lowest BCUT2D eigenvalue weighted by Gasteiger charge is -2.39. The van der Waals surface area contributed by atoms with Crippen molar-refractivity contribution in [2.45, 2.75) is 109 Å². The summed E-state index contributed by atoms with van der Waals surface area (Å²) in [7, 11) is -4.00. The van der Waals surface area contributed by atoms with Gasteiger partial charge in [-0.25, -0.2) is 0 Å². The summed E-state index contributed by atoms with van der Waals surface area (Å²) < 4.78 is 25.9. The van der Waals surface area contributed by atoms with Crippen LogP contribution >= 0.6 is 11.6 Å². The summed E-state index contributed by atoms with van der Waals surface area (Å²) in [5, 5.41) is 10.4. The number of hydrogen-bond donors (Lipinski definition) is 1. The molecule has 0 aliphatic carbocycles. The molecule has 0 spiro atoms. The second-order valence-corrected chi connectivity index (χ2v) is 23.3. The SMILES string of the molecule is CC(C)(C)[Si](C)(C)OC(/C=C/[C@H]1OC[C@H](O[Si](C)(C)C(C)(C)C)[C@@H]1CCCO)COc1cccc(Cl)c1. The zero-order valence-electron chi connectivity index (χ0n) is 24.8. The number of aliphatic hydroxyl groups excluding tert-OH is 1. The molecule has 0 radical (unpaired) electrons. The highest BCUT2D eigenvalue weighted by molar-refractivity contribution is 6.74. The monoisotopic (exact) mass is 570 g/mol. The van der Waals surface area contributed by atoms with Gasteiger partial charge in [0.15, 0.2) is 16.6 Å². The Hall–Kier alpha value is -0.676.